The van der Waals surface area contributed by atoms with Crippen LogP contribution in [0.3, 0.4) is 0 Å². The number of tetrazole rings is 1. The van der Waals surface area contributed by atoms with Gasteiger partial charge in [-0.05, 0) is 47.5 Å². The molecule has 2 amide bonds. The lowest BCUT2D eigenvalue weighted by atomic mass is 10.1. The smallest absolute Gasteiger partial charge is 0.261 e. The van der Waals surface area contributed by atoms with Crippen LogP contribution in [0.1, 0.15) is 37.7 Å². The maximum absolute atomic E-state index is 12.5. The number of hydrogen-bond acceptors (Lipinski definition) is 5. The van der Waals surface area contributed by atoms with Crippen LogP contribution >= 0.6 is 0 Å². The second kappa shape index (κ2) is 5.62. The predicted molar refractivity (Wildman–Crippen MR) is 89.3 cm³/mol. The highest BCUT2D eigenvalue weighted by Gasteiger charge is 2.36. The van der Waals surface area contributed by atoms with Gasteiger partial charge < -0.3 is 0 Å². The minimum atomic E-state index is -0.323. The van der Waals surface area contributed by atoms with E-state index in [0.717, 1.165) is 16.8 Å². The molecule has 3 aromatic rings. The van der Waals surface area contributed by atoms with Gasteiger partial charge in [-0.1, -0.05) is 30.3 Å². The number of carbonyl (C=O) groups excluding carboxylic acids is 2. The van der Waals surface area contributed by atoms with Crippen molar-refractivity contribution in [2.24, 2.45) is 0 Å². The molecule has 0 fully saturated rings. The van der Waals surface area contributed by atoms with E-state index in [1.165, 1.54) is 4.90 Å². The van der Waals surface area contributed by atoms with Crippen LogP contribution in [0, 0.1) is 13.8 Å². The van der Waals surface area contributed by atoms with Gasteiger partial charge in [0.25, 0.3) is 11.8 Å². The summed E-state index contributed by atoms with van der Waals surface area (Å²) in [7, 11) is 0. The largest absolute Gasteiger partial charge is 0.269 e. The summed E-state index contributed by atoms with van der Waals surface area (Å²) in [5.41, 5.74) is 3.71. The van der Waals surface area contributed by atoms with Crippen LogP contribution in [0.2, 0.25) is 0 Å². The molecule has 0 saturated heterocycles. The second-order valence-electron chi connectivity index (χ2n) is 5.99. The maximum Gasteiger partial charge on any atom is 0.261 e. The summed E-state index contributed by atoms with van der Waals surface area (Å²) < 4.78 is 1.59. The number of nitrogens with zero attached hydrogens (tertiary/aromatic N) is 5. The van der Waals surface area contributed by atoms with Crippen molar-refractivity contribution < 1.29 is 9.59 Å². The van der Waals surface area contributed by atoms with Crippen LogP contribution < -0.4 is 0 Å². The van der Waals surface area contributed by atoms with E-state index in [-0.39, 0.29) is 18.4 Å². The lowest BCUT2D eigenvalue weighted by molar-refractivity contribution is 0.0637. The van der Waals surface area contributed by atoms with Gasteiger partial charge in [-0.25, -0.2) is 0 Å². The van der Waals surface area contributed by atoms with E-state index >= 15 is 0 Å². The molecule has 0 unspecified atom stereocenters. The molecule has 2 aromatic carbocycles. The number of carbonyl (C=O) groups is 2. The van der Waals surface area contributed by atoms with Gasteiger partial charge >= 0.3 is 0 Å². The molecule has 0 N–H and O–H groups in total. The highest BCUT2D eigenvalue weighted by Crippen LogP contribution is 2.25. The van der Waals surface area contributed by atoms with Crippen molar-refractivity contribution in [2.75, 3.05) is 0 Å². The van der Waals surface area contributed by atoms with Crippen molar-refractivity contribution in [3.63, 3.8) is 0 Å². The molecule has 4 rings (SSSR count). The Morgan fingerprint density at radius 1 is 0.880 bits per heavy atom. The van der Waals surface area contributed by atoms with E-state index in [2.05, 4.69) is 15.5 Å². The summed E-state index contributed by atoms with van der Waals surface area (Å²) >= 11 is 0. The van der Waals surface area contributed by atoms with Gasteiger partial charge in [0.15, 0.2) is 5.82 Å². The molecular weight excluding hydrogens is 318 g/mol. The number of aryl methyl sites for hydroxylation is 2. The summed E-state index contributed by atoms with van der Waals surface area (Å²) in [6.07, 6.45) is 0. The Morgan fingerprint density at radius 2 is 1.48 bits per heavy atom. The Bertz CT molecular complexity index is 953. The summed E-state index contributed by atoms with van der Waals surface area (Å²) in [4.78, 5) is 26.3. The van der Waals surface area contributed by atoms with Gasteiger partial charge in [0.2, 0.25) is 0 Å². The SMILES string of the molecule is Cc1cccc(C)c1-n1nnnc1CN1C(=O)c2ccccc2C1=O. The number of aromatic nitrogens is 4. The van der Waals surface area contributed by atoms with Crippen molar-refractivity contribution in [3.8, 4) is 5.69 Å². The number of imide groups is 1. The van der Waals surface area contributed by atoms with Gasteiger partial charge in [0.05, 0.1) is 23.4 Å². The van der Waals surface area contributed by atoms with Crippen LogP contribution in [-0.2, 0) is 6.54 Å². The fourth-order valence-electron chi connectivity index (χ4n) is 3.14. The molecule has 0 spiro atoms. The number of hydrogen-bond donors (Lipinski definition) is 0. The number of para-hydroxylation sites is 1. The zero-order chi connectivity index (χ0) is 17.6. The summed E-state index contributed by atoms with van der Waals surface area (Å²) in [6, 6.07) is 12.7. The minimum Gasteiger partial charge on any atom is -0.269 e. The molecule has 7 heteroatoms. The number of fused-ring (bicyclic) bond motifs is 1. The van der Waals surface area contributed by atoms with Gasteiger partial charge in [0, 0.05) is 0 Å². The molecular formula is C18H15N5O2. The third-order valence-electron chi connectivity index (χ3n) is 4.36. The highest BCUT2D eigenvalue weighted by atomic mass is 16.2. The molecule has 1 aliphatic rings. The molecule has 0 radical (unpaired) electrons. The molecule has 124 valence electrons. The van der Waals surface area contributed by atoms with Crippen molar-refractivity contribution in [1.29, 1.82) is 0 Å². The van der Waals surface area contributed by atoms with Crippen molar-refractivity contribution in [1.82, 2.24) is 25.1 Å². The van der Waals surface area contributed by atoms with E-state index in [1.54, 1.807) is 28.9 Å². The number of rotatable bonds is 3. The molecule has 1 aromatic heterocycles. The molecule has 25 heavy (non-hydrogen) atoms. The minimum absolute atomic E-state index is 0.0210. The first kappa shape index (κ1) is 15.2. The van der Waals surface area contributed by atoms with Crippen LogP contribution in [0.15, 0.2) is 42.5 Å². The topological polar surface area (TPSA) is 81.0 Å². The van der Waals surface area contributed by atoms with Gasteiger partial charge in [-0.3, -0.25) is 14.5 Å². The van der Waals surface area contributed by atoms with Crippen LogP contribution in [-0.4, -0.2) is 36.9 Å². The fourth-order valence-corrected chi connectivity index (χ4v) is 3.14. The normalized spacial score (nSPS) is 13.4. The average molecular weight is 333 g/mol. The summed E-state index contributed by atoms with van der Waals surface area (Å²) in [6.45, 7) is 3.96. The first-order chi connectivity index (χ1) is 12.1. The van der Waals surface area contributed by atoms with Crippen molar-refractivity contribution >= 4 is 11.8 Å². The lowest BCUT2D eigenvalue weighted by Gasteiger charge is -2.15. The average Bonchev–Trinajstić information content (AvgIpc) is 3.14. The van der Waals surface area contributed by atoms with E-state index < -0.39 is 0 Å². The van der Waals surface area contributed by atoms with Gasteiger partial charge in [-0.2, -0.15) is 4.68 Å². The van der Waals surface area contributed by atoms with E-state index in [9.17, 15) is 9.59 Å². The lowest BCUT2D eigenvalue weighted by Crippen LogP contribution is -2.30. The predicted octanol–water partition coefficient (Wildman–Crippen LogP) is 2.08. The van der Waals surface area contributed by atoms with E-state index in [1.807, 2.05) is 32.0 Å². The Balaban J connectivity index is 1.72. The highest BCUT2D eigenvalue weighted by molar-refractivity contribution is 6.21. The van der Waals surface area contributed by atoms with Crippen LogP contribution in [0.4, 0.5) is 0 Å². The first-order valence-corrected chi connectivity index (χ1v) is 7.87. The van der Waals surface area contributed by atoms with Crippen LogP contribution in [0.25, 0.3) is 5.69 Å². The Hall–Kier alpha value is -3.35. The molecule has 2 heterocycles. The third-order valence-corrected chi connectivity index (χ3v) is 4.36. The molecule has 1 aliphatic heterocycles. The molecule has 7 nitrogen and oxygen atoms in total. The second-order valence-corrected chi connectivity index (χ2v) is 5.99. The summed E-state index contributed by atoms with van der Waals surface area (Å²) in [5, 5.41) is 11.8. The molecule has 0 aliphatic carbocycles. The zero-order valence-corrected chi connectivity index (χ0v) is 13.8. The van der Waals surface area contributed by atoms with Gasteiger partial charge in [0.1, 0.15) is 0 Å². The molecule has 0 atom stereocenters. The van der Waals surface area contributed by atoms with E-state index in [4.69, 9.17) is 0 Å². The Morgan fingerprint density at radius 3 is 2.08 bits per heavy atom. The molecule has 0 saturated carbocycles. The first-order valence-electron chi connectivity index (χ1n) is 7.87. The fraction of sp³-hybridized carbons (Fsp3) is 0.167. The Labute approximate surface area is 143 Å². The quantitative estimate of drug-likeness (QED) is 0.686. The Kier molecular flexibility index (Phi) is 3.42. The molecule has 0 bridgehead atoms. The number of benzene rings is 2. The van der Waals surface area contributed by atoms with E-state index in [0.29, 0.717) is 17.0 Å². The van der Waals surface area contributed by atoms with Crippen molar-refractivity contribution in [3.05, 3.63) is 70.5 Å². The monoisotopic (exact) mass is 333 g/mol. The van der Waals surface area contributed by atoms with Crippen LogP contribution in [0.5, 0.6) is 0 Å². The number of amides is 2. The zero-order valence-electron chi connectivity index (χ0n) is 13.8. The standard InChI is InChI=1S/C18H15N5O2/c1-11-6-5-7-12(2)16(11)23-15(19-20-21-23)10-22-17(24)13-8-3-4-9-14(13)18(22)25/h3-9H,10H2,1-2H3. The maximum atomic E-state index is 12.5. The van der Waals surface area contributed by atoms with Crippen molar-refractivity contribution in [2.45, 2.75) is 20.4 Å². The van der Waals surface area contributed by atoms with Gasteiger partial charge in [-0.15, -0.1) is 5.10 Å². The summed E-state index contributed by atoms with van der Waals surface area (Å²) in [5.74, 6) is -0.208. The third kappa shape index (κ3) is 2.32.